The SMILES string of the molecule is CCOC(=O)C1=C(C)OC(N)=C(C#N)C1c1cc(C(C)(C)C)c(O)c(C(C)(C)C)c1. The third kappa shape index (κ3) is 4.30. The normalized spacial score (nSPS) is 17.5. The highest BCUT2D eigenvalue weighted by Crippen LogP contribution is 2.45. The lowest BCUT2D eigenvalue weighted by Crippen LogP contribution is -2.26. The predicted octanol–water partition coefficient (Wildman–Crippen LogP) is 4.63. The molecule has 1 unspecified atom stereocenters. The zero-order valence-corrected chi connectivity index (χ0v) is 19.1. The van der Waals surface area contributed by atoms with E-state index in [-0.39, 0.29) is 40.2 Å². The van der Waals surface area contributed by atoms with Gasteiger partial charge in [-0.1, -0.05) is 53.7 Å². The van der Waals surface area contributed by atoms with E-state index in [1.807, 2.05) is 53.7 Å². The van der Waals surface area contributed by atoms with Crippen LogP contribution in [0.5, 0.6) is 5.75 Å². The van der Waals surface area contributed by atoms with Crippen LogP contribution in [0.3, 0.4) is 0 Å². The molecule has 0 aromatic heterocycles. The fraction of sp³-hybridized carbons (Fsp3) is 0.500. The van der Waals surface area contributed by atoms with Gasteiger partial charge in [-0.25, -0.2) is 4.79 Å². The van der Waals surface area contributed by atoms with E-state index in [4.69, 9.17) is 15.2 Å². The molecule has 0 saturated heterocycles. The van der Waals surface area contributed by atoms with Gasteiger partial charge in [-0.05, 0) is 41.4 Å². The van der Waals surface area contributed by atoms with Gasteiger partial charge in [0.1, 0.15) is 23.2 Å². The highest BCUT2D eigenvalue weighted by atomic mass is 16.5. The third-order valence-corrected chi connectivity index (χ3v) is 5.18. The van der Waals surface area contributed by atoms with Crippen molar-refractivity contribution >= 4 is 5.97 Å². The summed E-state index contributed by atoms with van der Waals surface area (Å²) in [4.78, 5) is 12.8. The number of hydrogen-bond acceptors (Lipinski definition) is 6. The van der Waals surface area contributed by atoms with Gasteiger partial charge >= 0.3 is 5.97 Å². The van der Waals surface area contributed by atoms with Crippen LogP contribution in [0.15, 0.2) is 34.9 Å². The van der Waals surface area contributed by atoms with E-state index in [9.17, 15) is 15.2 Å². The van der Waals surface area contributed by atoms with Crippen molar-refractivity contribution in [2.45, 2.75) is 72.1 Å². The van der Waals surface area contributed by atoms with Crippen molar-refractivity contribution in [2.24, 2.45) is 5.73 Å². The Hall–Kier alpha value is -2.94. The fourth-order valence-corrected chi connectivity index (χ4v) is 3.66. The number of nitrogens with two attached hydrogens (primary N) is 1. The summed E-state index contributed by atoms with van der Waals surface area (Å²) >= 11 is 0. The number of nitrogens with zero attached hydrogens (tertiary/aromatic N) is 1. The van der Waals surface area contributed by atoms with Crippen LogP contribution in [-0.2, 0) is 25.1 Å². The first-order chi connectivity index (χ1) is 13.7. The second kappa shape index (κ2) is 8.06. The number of carbonyl (C=O) groups is 1. The van der Waals surface area contributed by atoms with E-state index >= 15 is 0 Å². The predicted molar refractivity (Wildman–Crippen MR) is 115 cm³/mol. The third-order valence-electron chi connectivity index (χ3n) is 5.18. The Morgan fingerprint density at radius 2 is 1.70 bits per heavy atom. The first kappa shape index (κ1) is 23.3. The number of phenols is 1. The number of phenolic OH excluding ortho intramolecular Hbond substituents is 1. The molecule has 3 N–H and O–H groups in total. The van der Waals surface area contributed by atoms with Crippen LogP contribution in [0, 0.1) is 11.3 Å². The molecule has 30 heavy (non-hydrogen) atoms. The minimum absolute atomic E-state index is 0.0317. The molecule has 1 heterocycles. The van der Waals surface area contributed by atoms with Gasteiger partial charge in [0.2, 0.25) is 5.88 Å². The van der Waals surface area contributed by atoms with E-state index in [0.29, 0.717) is 11.3 Å². The van der Waals surface area contributed by atoms with Crippen LogP contribution in [0.25, 0.3) is 0 Å². The number of nitriles is 1. The highest BCUT2D eigenvalue weighted by Gasteiger charge is 2.38. The zero-order valence-electron chi connectivity index (χ0n) is 19.1. The minimum Gasteiger partial charge on any atom is -0.507 e. The molecule has 0 spiro atoms. The molecule has 0 saturated carbocycles. The monoisotopic (exact) mass is 412 g/mol. The maximum Gasteiger partial charge on any atom is 0.338 e. The first-order valence-corrected chi connectivity index (χ1v) is 10.1. The lowest BCUT2D eigenvalue weighted by atomic mass is 9.74. The van der Waals surface area contributed by atoms with Crippen LogP contribution in [0.2, 0.25) is 0 Å². The summed E-state index contributed by atoms with van der Waals surface area (Å²) < 4.78 is 10.8. The summed E-state index contributed by atoms with van der Waals surface area (Å²) in [7, 11) is 0. The summed E-state index contributed by atoms with van der Waals surface area (Å²) in [6.07, 6.45) is 0. The van der Waals surface area contributed by atoms with Gasteiger partial charge in [0.15, 0.2) is 0 Å². The van der Waals surface area contributed by atoms with E-state index < -0.39 is 11.9 Å². The Kier molecular flexibility index (Phi) is 6.27. The van der Waals surface area contributed by atoms with Crippen LogP contribution in [0.1, 0.15) is 78.0 Å². The zero-order chi connectivity index (χ0) is 23.0. The molecule has 1 atom stereocenters. The van der Waals surface area contributed by atoms with Crippen LogP contribution in [-0.4, -0.2) is 17.7 Å². The molecule has 1 aliphatic rings. The minimum atomic E-state index is -0.745. The van der Waals surface area contributed by atoms with Crippen molar-refractivity contribution in [1.82, 2.24) is 0 Å². The summed E-state index contributed by atoms with van der Waals surface area (Å²) in [6.45, 7) is 15.6. The van der Waals surface area contributed by atoms with Gasteiger partial charge < -0.3 is 20.3 Å². The Morgan fingerprint density at radius 3 is 2.10 bits per heavy atom. The molecule has 0 bridgehead atoms. The average molecular weight is 413 g/mol. The van der Waals surface area contributed by atoms with Crippen LogP contribution < -0.4 is 5.73 Å². The van der Waals surface area contributed by atoms with E-state index in [1.165, 1.54) is 0 Å². The van der Waals surface area contributed by atoms with E-state index in [1.54, 1.807) is 13.8 Å². The van der Waals surface area contributed by atoms with Gasteiger partial charge in [-0.15, -0.1) is 0 Å². The van der Waals surface area contributed by atoms with Gasteiger partial charge in [0.25, 0.3) is 0 Å². The average Bonchev–Trinajstić information content (AvgIpc) is 2.59. The van der Waals surface area contributed by atoms with Crippen molar-refractivity contribution in [2.75, 3.05) is 6.61 Å². The quantitative estimate of drug-likeness (QED) is 0.701. The number of carbonyl (C=O) groups excluding carboxylic acids is 1. The molecule has 0 radical (unpaired) electrons. The molecule has 1 aromatic carbocycles. The number of allylic oxidation sites excluding steroid dienone is 2. The second-order valence-corrected chi connectivity index (χ2v) is 9.58. The maximum atomic E-state index is 12.8. The smallest absolute Gasteiger partial charge is 0.338 e. The molecule has 2 rings (SSSR count). The molecular formula is C24H32N2O4. The molecule has 0 fully saturated rings. The maximum absolute atomic E-state index is 12.8. The topological polar surface area (TPSA) is 106 Å². The number of hydrogen-bond donors (Lipinski definition) is 2. The number of esters is 1. The van der Waals surface area contributed by atoms with E-state index in [0.717, 1.165) is 11.1 Å². The molecule has 1 aliphatic heterocycles. The Bertz CT molecular complexity index is 931. The van der Waals surface area contributed by atoms with Crippen LogP contribution >= 0.6 is 0 Å². The second-order valence-electron chi connectivity index (χ2n) is 9.58. The lowest BCUT2D eigenvalue weighted by molar-refractivity contribution is -0.139. The molecule has 162 valence electrons. The summed E-state index contributed by atoms with van der Waals surface area (Å²) in [6, 6.07) is 5.80. The van der Waals surface area contributed by atoms with Gasteiger partial charge in [0.05, 0.1) is 18.1 Å². The van der Waals surface area contributed by atoms with Crippen molar-refractivity contribution < 1.29 is 19.4 Å². The van der Waals surface area contributed by atoms with Crippen molar-refractivity contribution in [3.8, 4) is 11.8 Å². The van der Waals surface area contributed by atoms with Crippen molar-refractivity contribution in [3.63, 3.8) is 0 Å². The molecule has 6 nitrogen and oxygen atoms in total. The molecule has 1 aromatic rings. The molecule has 0 amide bonds. The molecular weight excluding hydrogens is 380 g/mol. The number of ether oxygens (including phenoxy) is 2. The summed E-state index contributed by atoms with van der Waals surface area (Å²) in [5, 5.41) is 20.9. The standard InChI is InChI=1S/C24H32N2O4/c1-9-29-22(28)18-13(2)30-21(26)15(12-25)19(18)14-10-16(23(3,4)5)20(27)17(11-14)24(6,7)8/h10-11,19,27H,9,26H2,1-8H3. The van der Waals surface area contributed by atoms with Gasteiger partial charge in [-0.2, -0.15) is 5.26 Å². The summed E-state index contributed by atoms with van der Waals surface area (Å²) in [5.41, 5.74) is 7.83. The lowest BCUT2D eigenvalue weighted by Gasteiger charge is -2.32. The number of aromatic hydroxyl groups is 1. The largest absolute Gasteiger partial charge is 0.507 e. The molecule has 6 heteroatoms. The Labute approximate surface area is 179 Å². The Morgan fingerprint density at radius 1 is 1.20 bits per heavy atom. The van der Waals surface area contributed by atoms with Gasteiger partial charge in [-0.3, -0.25) is 0 Å². The molecule has 0 aliphatic carbocycles. The first-order valence-electron chi connectivity index (χ1n) is 10.1. The summed E-state index contributed by atoms with van der Waals surface area (Å²) in [5.74, 6) is -0.804. The Balaban J connectivity index is 2.90. The number of benzene rings is 1. The van der Waals surface area contributed by atoms with Crippen LogP contribution in [0.4, 0.5) is 0 Å². The number of rotatable bonds is 3. The van der Waals surface area contributed by atoms with E-state index in [2.05, 4.69) is 6.07 Å². The fourth-order valence-electron chi connectivity index (χ4n) is 3.66. The van der Waals surface area contributed by atoms with Gasteiger partial charge in [0, 0.05) is 0 Å². The highest BCUT2D eigenvalue weighted by molar-refractivity contribution is 5.92. The van der Waals surface area contributed by atoms with Crippen molar-refractivity contribution in [3.05, 3.63) is 51.6 Å². The van der Waals surface area contributed by atoms with Crippen molar-refractivity contribution in [1.29, 1.82) is 5.26 Å².